The number of ether oxygens (including phenoxy) is 1. The average molecular weight is 324 g/mol. The molecule has 0 spiro atoms. The average Bonchev–Trinajstić information content (AvgIpc) is 2.81. The fraction of sp³-hybridized carbons (Fsp3) is 0.706. The van der Waals surface area contributed by atoms with Gasteiger partial charge in [0.2, 0.25) is 5.91 Å². The smallest absolute Gasteiger partial charge is 0.257 e. The van der Waals surface area contributed by atoms with E-state index >= 15 is 0 Å². The van der Waals surface area contributed by atoms with Gasteiger partial charge in [-0.15, -0.1) is 0 Å². The third-order valence-corrected chi connectivity index (χ3v) is 3.84. The Bertz CT molecular complexity index is 485. The molecule has 23 heavy (non-hydrogen) atoms. The van der Waals surface area contributed by atoms with Crippen molar-refractivity contribution in [2.24, 2.45) is 5.92 Å². The van der Waals surface area contributed by atoms with Crippen LogP contribution in [0.5, 0.6) is 0 Å². The molecule has 0 aromatic heterocycles. The Hall–Kier alpha value is -1.85. The van der Waals surface area contributed by atoms with E-state index in [1.54, 1.807) is 6.92 Å². The zero-order chi connectivity index (χ0) is 17.6. The van der Waals surface area contributed by atoms with Gasteiger partial charge in [-0.25, -0.2) is 0 Å². The minimum absolute atomic E-state index is 0.192. The maximum atomic E-state index is 12.9. The van der Waals surface area contributed by atoms with E-state index < -0.39 is 6.04 Å². The molecule has 0 radical (unpaired) electrons. The predicted octanol–water partition coefficient (Wildman–Crippen LogP) is 2.00. The molecule has 1 aliphatic heterocycles. The van der Waals surface area contributed by atoms with Gasteiger partial charge >= 0.3 is 0 Å². The van der Waals surface area contributed by atoms with Gasteiger partial charge in [-0.05, 0) is 18.8 Å². The number of nitrogens with zero attached hydrogens (tertiary/aromatic N) is 1. The standard InChI is InChI=1S/C17H28N2O4/c1-6-8-13-14(23-5)10-16(21)19(13)17(22)12(9-11(3)4)18-15(20)7-2/h10-13H,6-9H2,1-5H3,(H,18,20)/t12-,13+/m1/s1. The van der Waals surface area contributed by atoms with Crippen molar-refractivity contribution in [3.8, 4) is 0 Å². The predicted molar refractivity (Wildman–Crippen MR) is 87.3 cm³/mol. The van der Waals surface area contributed by atoms with E-state index in [4.69, 9.17) is 4.74 Å². The summed E-state index contributed by atoms with van der Waals surface area (Å²) in [6.45, 7) is 7.68. The van der Waals surface area contributed by atoms with Crippen molar-refractivity contribution in [2.45, 2.75) is 65.5 Å². The Morgan fingerprint density at radius 2 is 2.00 bits per heavy atom. The number of imide groups is 1. The van der Waals surface area contributed by atoms with Crippen molar-refractivity contribution >= 4 is 17.7 Å². The normalized spacial score (nSPS) is 18.9. The number of methoxy groups -OCH3 is 1. The van der Waals surface area contributed by atoms with Crippen molar-refractivity contribution < 1.29 is 19.1 Å². The van der Waals surface area contributed by atoms with Crippen molar-refractivity contribution in [1.82, 2.24) is 10.2 Å². The molecule has 1 N–H and O–H groups in total. The Kier molecular flexibility index (Phi) is 7.26. The van der Waals surface area contributed by atoms with Crippen LogP contribution in [-0.4, -0.2) is 41.8 Å². The molecule has 0 aliphatic carbocycles. The third kappa shape index (κ3) is 4.81. The Morgan fingerprint density at radius 3 is 2.48 bits per heavy atom. The second-order valence-electron chi connectivity index (χ2n) is 6.20. The van der Waals surface area contributed by atoms with Crippen LogP contribution in [0.25, 0.3) is 0 Å². The van der Waals surface area contributed by atoms with E-state index in [1.165, 1.54) is 18.1 Å². The molecule has 2 atom stereocenters. The lowest BCUT2D eigenvalue weighted by Gasteiger charge is -2.29. The number of rotatable bonds is 8. The van der Waals surface area contributed by atoms with Crippen LogP contribution in [0.3, 0.4) is 0 Å². The van der Waals surface area contributed by atoms with Crippen molar-refractivity contribution in [3.05, 3.63) is 11.8 Å². The first-order valence-electron chi connectivity index (χ1n) is 8.27. The maximum Gasteiger partial charge on any atom is 0.257 e. The van der Waals surface area contributed by atoms with E-state index in [1.807, 2.05) is 20.8 Å². The molecule has 0 unspecified atom stereocenters. The molecule has 1 aliphatic rings. The lowest BCUT2D eigenvalue weighted by Crippen LogP contribution is -2.52. The zero-order valence-electron chi connectivity index (χ0n) is 14.7. The van der Waals surface area contributed by atoms with Gasteiger partial charge in [-0.3, -0.25) is 19.3 Å². The SMILES string of the molecule is CCC[C@H]1C(OC)=CC(=O)N1C(=O)[C@@H](CC(C)C)NC(=O)CC. The topological polar surface area (TPSA) is 75.7 Å². The second kappa shape index (κ2) is 8.70. The van der Waals surface area contributed by atoms with Crippen LogP contribution in [-0.2, 0) is 19.1 Å². The molecule has 6 nitrogen and oxygen atoms in total. The Morgan fingerprint density at radius 1 is 1.35 bits per heavy atom. The maximum absolute atomic E-state index is 12.9. The molecule has 0 aromatic rings. The highest BCUT2D eigenvalue weighted by Crippen LogP contribution is 2.26. The first-order chi connectivity index (χ1) is 10.8. The number of amides is 3. The van der Waals surface area contributed by atoms with E-state index in [0.29, 0.717) is 25.0 Å². The van der Waals surface area contributed by atoms with Crippen LogP contribution in [0.4, 0.5) is 0 Å². The third-order valence-electron chi connectivity index (χ3n) is 3.84. The van der Waals surface area contributed by atoms with E-state index in [2.05, 4.69) is 5.32 Å². The summed E-state index contributed by atoms with van der Waals surface area (Å²) in [6, 6.07) is -1.06. The van der Waals surface area contributed by atoms with Gasteiger partial charge in [0.1, 0.15) is 11.8 Å². The molecule has 3 amide bonds. The number of hydrogen-bond donors (Lipinski definition) is 1. The van der Waals surface area contributed by atoms with Crippen LogP contribution in [0.1, 0.15) is 53.4 Å². The number of nitrogens with one attached hydrogen (secondary N) is 1. The fourth-order valence-electron chi connectivity index (χ4n) is 2.73. The second-order valence-corrected chi connectivity index (χ2v) is 6.20. The number of carbonyl (C=O) groups excluding carboxylic acids is 3. The van der Waals surface area contributed by atoms with Gasteiger partial charge in [-0.2, -0.15) is 0 Å². The molecule has 1 rings (SSSR count). The largest absolute Gasteiger partial charge is 0.499 e. The van der Waals surface area contributed by atoms with E-state index in [9.17, 15) is 14.4 Å². The fourth-order valence-corrected chi connectivity index (χ4v) is 2.73. The first kappa shape index (κ1) is 19.2. The monoisotopic (exact) mass is 324 g/mol. The molecular weight excluding hydrogens is 296 g/mol. The summed E-state index contributed by atoms with van der Waals surface area (Å²) in [5, 5.41) is 2.74. The highest BCUT2D eigenvalue weighted by Gasteiger charge is 2.40. The van der Waals surface area contributed by atoms with Crippen LogP contribution >= 0.6 is 0 Å². The summed E-state index contributed by atoms with van der Waals surface area (Å²) in [7, 11) is 1.50. The molecule has 0 fully saturated rings. The van der Waals surface area contributed by atoms with Crippen LogP contribution < -0.4 is 5.32 Å². The van der Waals surface area contributed by atoms with Crippen molar-refractivity contribution in [3.63, 3.8) is 0 Å². The summed E-state index contributed by atoms with van der Waals surface area (Å²) in [6.07, 6.45) is 3.63. The highest BCUT2D eigenvalue weighted by atomic mass is 16.5. The molecule has 0 saturated carbocycles. The molecule has 0 aromatic carbocycles. The van der Waals surface area contributed by atoms with Gasteiger partial charge in [-0.1, -0.05) is 34.1 Å². The molecule has 130 valence electrons. The molecule has 1 heterocycles. The number of carbonyl (C=O) groups is 3. The van der Waals surface area contributed by atoms with Gasteiger partial charge < -0.3 is 10.1 Å². The minimum atomic E-state index is -0.685. The van der Waals surface area contributed by atoms with Gasteiger partial charge in [0.25, 0.3) is 11.8 Å². The first-order valence-corrected chi connectivity index (χ1v) is 8.27. The van der Waals surface area contributed by atoms with Crippen LogP contribution in [0.2, 0.25) is 0 Å². The van der Waals surface area contributed by atoms with Crippen molar-refractivity contribution in [1.29, 1.82) is 0 Å². The summed E-state index contributed by atoms with van der Waals surface area (Å²) < 4.78 is 5.25. The zero-order valence-corrected chi connectivity index (χ0v) is 14.7. The summed E-state index contributed by atoms with van der Waals surface area (Å²) >= 11 is 0. The van der Waals surface area contributed by atoms with Crippen LogP contribution in [0, 0.1) is 5.92 Å². The molecule has 0 bridgehead atoms. The van der Waals surface area contributed by atoms with E-state index in [-0.39, 0.29) is 29.7 Å². The van der Waals surface area contributed by atoms with E-state index in [0.717, 1.165) is 6.42 Å². The molecule has 0 saturated heterocycles. The summed E-state index contributed by atoms with van der Waals surface area (Å²) in [4.78, 5) is 38.1. The highest BCUT2D eigenvalue weighted by molar-refractivity contribution is 6.06. The molecule has 6 heteroatoms. The van der Waals surface area contributed by atoms with Gasteiger partial charge in [0, 0.05) is 12.5 Å². The lowest BCUT2D eigenvalue weighted by molar-refractivity contribution is -0.146. The summed E-state index contributed by atoms with van der Waals surface area (Å²) in [5.41, 5.74) is 0. The summed E-state index contributed by atoms with van der Waals surface area (Å²) in [5.74, 6) is -0.187. The van der Waals surface area contributed by atoms with Crippen LogP contribution in [0.15, 0.2) is 11.8 Å². The minimum Gasteiger partial charge on any atom is -0.499 e. The molecular formula is C17H28N2O4. The Labute approximate surface area is 138 Å². The quantitative estimate of drug-likeness (QED) is 0.741. The lowest BCUT2D eigenvalue weighted by atomic mass is 10.0. The van der Waals surface area contributed by atoms with Crippen molar-refractivity contribution in [2.75, 3.05) is 7.11 Å². The van der Waals surface area contributed by atoms with Gasteiger partial charge in [0.15, 0.2) is 0 Å². The Balaban J connectivity index is 3.00. The number of hydrogen-bond acceptors (Lipinski definition) is 4. The van der Waals surface area contributed by atoms with Gasteiger partial charge in [0.05, 0.1) is 13.2 Å².